The van der Waals surface area contributed by atoms with Crippen LogP contribution in [0.3, 0.4) is 0 Å². The molecule has 2 unspecified atom stereocenters. The Balaban J connectivity index is 1.99. The van der Waals surface area contributed by atoms with Crippen LogP contribution in [0, 0.1) is 0 Å². The molecule has 29 heavy (non-hydrogen) atoms. The van der Waals surface area contributed by atoms with Gasteiger partial charge in [0.15, 0.2) is 0 Å². The van der Waals surface area contributed by atoms with E-state index in [0.717, 1.165) is 16.7 Å². The van der Waals surface area contributed by atoms with Gasteiger partial charge in [-0.3, -0.25) is 23.8 Å². The molecule has 0 radical (unpaired) electrons. The summed E-state index contributed by atoms with van der Waals surface area (Å²) in [5.41, 5.74) is 5.16. The molecule has 2 amide bonds. The molecule has 3 atom stereocenters. The highest BCUT2D eigenvalue weighted by Gasteiger charge is 2.54. The Kier molecular flexibility index (Phi) is 7.56. The van der Waals surface area contributed by atoms with Crippen molar-refractivity contribution >= 4 is 55.5 Å². The van der Waals surface area contributed by atoms with Crippen LogP contribution >= 0.6 is 22.6 Å². The normalized spacial score (nSPS) is 22.6. The molecule has 0 spiro atoms. The molecule has 2 rings (SSSR count). The number of hydrogen-bond acceptors (Lipinski definition) is 9. The van der Waals surface area contributed by atoms with Gasteiger partial charge >= 0.3 is 21.1 Å². The lowest BCUT2D eigenvalue weighted by molar-refractivity contribution is -0.150. The van der Waals surface area contributed by atoms with Crippen LogP contribution in [0.1, 0.15) is 19.3 Å². The number of carbonyl (C=O) groups is 4. The van der Waals surface area contributed by atoms with Crippen LogP contribution in [0.15, 0.2) is 11.3 Å². The molecule has 0 aliphatic carbocycles. The fourth-order valence-corrected chi connectivity index (χ4v) is 5.67. The Morgan fingerprint density at radius 3 is 2.55 bits per heavy atom. The zero-order chi connectivity index (χ0) is 21.9. The van der Waals surface area contributed by atoms with Crippen molar-refractivity contribution in [3.05, 3.63) is 11.3 Å². The van der Waals surface area contributed by atoms with Crippen LogP contribution in [-0.4, -0.2) is 80.8 Å². The topological polar surface area (TPSA) is 204 Å². The summed E-state index contributed by atoms with van der Waals surface area (Å²) in [4.78, 5) is 47.6. The third kappa shape index (κ3) is 5.85. The Morgan fingerprint density at radius 1 is 1.34 bits per heavy atom. The molecule has 0 aromatic carbocycles. The van der Waals surface area contributed by atoms with Gasteiger partial charge in [0.25, 0.3) is 5.91 Å². The number of amides is 2. The van der Waals surface area contributed by atoms with Gasteiger partial charge in [0.1, 0.15) is 23.2 Å². The number of thioether (sulfide) groups is 1. The monoisotopic (exact) mass is 469 g/mol. The number of carboxylic acid groups (broad SMARTS) is 2. The van der Waals surface area contributed by atoms with E-state index in [1.165, 1.54) is 0 Å². The predicted molar refractivity (Wildman–Crippen MR) is 103 cm³/mol. The number of fused-ring (bicyclic) bond motifs is 1. The Labute approximate surface area is 173 Å². The minimum Gasteiger partial charge on any atom is -0.480 e. The average Bonchev–Trinajstić information content (AvgIpc) is 2.62. The van der Waals surface area contributed by atoms with E-state index in [1.807, 2.05) is 0 Å². The summed E-state index contributed by atoms with van der Waals surface area (Å²) < 4.78 is 30.6. The summed E-state index contributed by atoms with van der Waals surface area (Å²) in [6.45, 7) is 0. The summed E-state index contributed by atoms with van der Waals surface area (Å²) in [5.74, 6) is -3.94. The van der Waals surface area contributed by atoms with Gasteiger partial charge in [0.2, 0.25) is 5.91 Å². The van der Waals surface area contributed by atoms with Crippen LogP contribution < -0.4 is 11.1 Å². The van der Waals surface area contributed by atoms with Gasteiger partial charge in [-0.05, 0) is 18.4 Å². The average molecular weight is 470 g/mol. The minimum atomic E-state index is -4.37. The highest BCUT2D eigenvalue weighted by molar-refractivity contribution is 8.70. The number of nitrogens with two attached hydrogens (primary N) is 1. The zero-order valence-corrected chi connectivity index (χ0v) is 17.3. The van der Waals surface area contributed by atoms with Gasteiger partial charge in [-0.2, -0.15) is 8.42 Å². The first-order valence-corrected chi connectivity index (χ1v) is 12.2. The van der Waals surface area contributed by atoms with Crippen molar-refractivity contribution < 1.29 is 42.4 Å². The van der Waals surface area contributed by atoms with Crippen LogP contribution in [0.4, 0.5) is 0 Å². The number of aliphatic carboxylic acids is 2. The fraction of sp³-hybridized carbons (Fsp3) is 0.571. The van der Waals surface area contributed by atoms with Crippen molar-refractivity contribution in [2.45, 2.75) is 36.7 Å². The maximum atomic E-state index is 12.4. The van der Waals surface area contributed by atoms with Crippen LogP contribution in [0.25, 0.3) is 0 Å². The van der Waals surface area contributed by atoms with E-state index in [-0.39, 0.29) is 52.8 Å². The second-order valence-corrected chi connectivity index (χ2v) is 10.7. The SMILES string of the molecule is N[C@H](CCCC(=O)NC1C(=O)N2C(C(=O)O)=C(CSS(=O)(=O)O)CSC12)C(=O)O. The van der Waals surface area contributed by atoms with Gasteiger partial charge in [0.05, 0.1) is 0 Å². The van der Waals surface area contributed by atoms with E-state index in [2.05, 4.69) is 5.32 Å². The summed E-state index contributed by atoms with van der Waals surface area (Å²) in [6, 6.07) is -2.02. The summed E-state index contributed by atoms with van der Waals surface area (Å²) in [6.07, 6.45) is 0.255. The Hall–Kier alpha value is -1.81. The standard InChI is InChI=1S/C14H19N3O9S3/c15-7(13(20)21)2-1-3-8(18)16-9-11(19)17-10(14(22)23)6(4-27-12(9)17)5-28-29(24,25)26/h7,9,12H,1-5,15H2,(H,16,18)(H,20,21)(H,22,23)(H,24,25,26)/t7-,9?,12?/m1/s1. The molecule has 1 saturated heterocycles. The maximum absolute atomic E-state index is 12.4. The van der Waals surface area contributed by atoms with Gasteiger partial charge in [-0.15, -0.1) is 11.8 Å². The van der Waals surface area contributed by atoms with Crippen molar-refractivity contribution in [1.82, 2.24) is 10.2 Å². The van der Waals surface area contributed by atoms with Crippen molar-refractivity contribution in [1.29, 1.82) is 0 Å². The minimum absolute atomic E-state index is 0.0416. The number of nitrogens with one attached hydrogen (secondary N) is 1. The number of rotatable bonds is 10. The molecule has 162 valence electrons. The summed E-state index contributed by atoms with van der Waals surface area (Å²) in [5, 5.41) is 20.0. The van der Waals surface area contributed by atoms with Crippen molar-refractivity contribution in [2.75, 3.05) is 11.5 Å². The van der Waals surface area contributed by atoms with Crippen molar-refractivity contribution in [3.63, 3.8) is 0 Å². The molecule has 2 heterocycles. The Bertz CT molecular complexity index is 858. The number of carbonyl (C=O) groups excluding carboxylic acids is 2. The lowest BCUT2D eigenvalue weighted by Crippen LogP contribution is -2.70. The summed E-state index contributed by atoms with van der Waals surface area (Å²) >= 11 is 1.16. The third-order valence-electron chi connectivity index (χ3n) is 4.18. The fourth-order valence-electron chi connectivity index (χ4n) is 2.79. The smallest absolute Gasteiger partial charge is 0.352 e. The lowest BCUT2D eigenvalue weighted by Gasteiger charge is -2.49. The Morgan fingerprint density at radius 2 is 2.00 bits per heavy atom. The van der Waals surface area contributed by atoms with Crippen LogP contribution in [0.5, 0.6) is 0 Å². The highest BCUT2D eigenvalue weighted by Crippen LogP contribution is 2.41. The first-order chi connectivity index (χ1) is 13.4. The molecule has 2 aliphatic rings. The molecular formula is C14H19N3O9S3. The summed E-state index contributed by atoms with van der Waals surface area (Å²) in [7, 11) is -4.22. The first-order valence-electron chi connectivity index (χ1n) is 8.22. The third-order valence-corrected chi connectivity index (χ3v) is 7.54. The molecule has 0 saturated carbocycles. The van der Waals surface area contributed by atoms with Gasteiger partial charge in [0, 0.05) is 28.7 Å². The molecule has 1 fully saturated rings. The molecule has 0 aromatic rings. The molecule has 0 aromatic heterocycles. The number of carboxylic acids is 2. The number of nitrogens with zero attached hydrogens (tertiary/aromatic N) is 1. The van der Waals surface area contributed by atoms with Crippen molar-refractivity contribution in [2.24, 2.45) is 5.73 Å². The molecule has 15 heteroatoms. The van der Waals surface area contributed by atoms with E-state index >= 15 is 0 Å². The second-order valence-electron chi connectivity index (χ2n) is 6.24. The predicted octanol–water partition coefficient (Wildman–Crippen LogP) is -1.16. The largest absolute Gasteiger partial charge is 0.480 e. The first kappa shape index (κ1) is 23.5. The maximum Gasteiger partial charge on any atom is 0.352 e. The highest BCUT2D eigenvalue weighted by atomic mass is 33.1. The second kappa shape index (κ2) is 9.34. The zero-order valence-electron chi connectivity index (χ0n) is 14.8. The van der Waals surface area contributed by atoms with Crippen LogP contribution in [-0.2, 0) is 28.3 Å². The lowest BCUT2D eigenvalue weighted by atomic mass is 10.0. The molecule has 6 N–H and O–H groups in total. The number of β-lactam (4-membered cyclic amide) rings is 1. The van der Waals surface area contributed by atoms with E-state index in [4.69, 9.17) is 15.4 Å². The van der Waals surface area contributed by atoms with Gasteiger partial charge in [-0.25, -0.2) is 4.79 Å². The molecular weight excluding hydrogens is 450 g/mol. The molecule has 2 aliphatic heterocycles. The van der Waals surface area contributed by atoms with E-state index in [1.54, 1.807) is 0 Å². The van der Waals surface area contributed by atoms with E-state index in [0.29, 0.717) is 0 Å². The van der Waals surface area contributed by atoms with Gasteiger partial charge < -0.3 is 21.3 Å². The van der Waals surface area contributed by atoms with E-state index < -0.39 is 50.4 Å². The quantitative estimate of drug-likeness (QED) is 0.146. The van der Waals surface area contributed by atoms with Gasteiger partial charge in [-0.1, -0.05) is 0 Å². The van der Waals surface area contributed by atoms with Crippen molar-refractivity contribution in [3.8, 4) is 0 Å². The molecule has 12 nitrogen and oxygen atoms in total. The van der Waals surface area contributed by atoms with Crippen LogP contribution in [0.2, 0.25) is 0 Å². The molecule has 0 bridgehead atoms. The van der Waals surface area contributed by atoms with E-state index in [9.17, 15) is 32.7 Å². The number of hydrogen-bond donors (Lipinski definition) is 5.